The first-order chi connectivity index (χ1) is 8.07. The van der Waals surface area contributed by atoms with E-state index in [0.29, 0.717) is 6.54 Å². The first-order valence-electron chi connectivity index (χ1n) is 6.27. The van der Waals surface area contributed by atoms with Crippen molar-refractivity contribution in [3.63, 3.8) is 0 Å². The number of rotatable bonds is 5. The molecule has 0 aliphatic carbocycles. The van der Waals surface area contributed by atoms with Crippen molar-refractivity contribution in [1.82, 2.24) is 15.1 Å². The molecule has 1 unspecified atom stereocenters. The standard InChI is InChI=1S/C13H27N3O2/c1-10(11(17)13(2,3)4)16(7)12(18)14-8-9-15(5)6/h10H,8-9H2,1-7H3,(H,14,18). The van der Waals surface area contributed by atoms with Gasteiger partial charge in [-0.3, -0.25) is 4.79 Å². The van der Waals surface area contributed by atoms with Crippen LogP contribution in [0.3, 0.4) is 0 Å². The Kier molecular flexibility index (Phi) is 6.32. The number of ketones is 1. The van der Waals surface area contributed by atoms with Gasteiger partial charge in [0.2, 0.25) is 0 Å². The third-order valence-corrected chi connectivity index (χ3v) is 2.86. The van der Waals surface area contributed by atoms with Crippen LogP contribution in [0, 0.1) is 5.41 Å². The highest BCUT2D eigenvalue weighted by Crippen LogP contribution is 2.18. The number of hydrogen-bond donors (Lipinski definition) is 1. The molecule has 106 valence electrons. The second-order valence-electron chi connectivity index (χ2n) is 5.94. The molecule has 18 heavy (non-hydrogen) atoms. The lowest BCUT2D eigenvalue weighted by Crippen LogP contribution is -2.49. The fraction of sp³-hybridized carbons (Fsp3) is 0.846. The lowest BCUT2D eigenvalue weighted by Gasteiger charge is -2.29. The molecule has 0 aromatic carbocycles. The van der Waals surface area contributed by atoms with Gasteiger partial charge in [0.05, 0.1) is 6.04 Å². The van der Waals surface area contributed by atoms with Crippen LogP contribution in [0.2, 0.25) is 0 Å². The Morgan fingerprint density at radius 1 is 1.17 bits per heavy atom. The summed E-state index contributed by atoms with van der Waals surface area (Å²) in [5, 5.41) is 2.79. The van der Waals surface area contributed by atoms with Gasteiger partial charge in [-0.1, -0.05) is 20.8 Å². The summed E-state index contributed by atoms with van der Waals surface area (Å²) in [6.07, 6.45) is 0. The van der Waals surface area contributed by atoms with E-state index in [1.54, 1.807) is 14.0 Å². The summed E-state index contributed by atoms with van der Waals surface area (Å²) in [5.74, 6) is 0.0627. The molecule has 0 spiro atoms. The van der Waals surface area contributed by atoms with Crippen molar-refractivity contribution < 1.29 is 9.59 Å². The third kappa shape index (κ3) is 5.49. The van der Waals surface area contributed by atoms with Crippen LogP contribution >= 0.6 is 0 Å². The van der Waals surface area contributed by atoms with Gasteiger partial charge in [-0.05, 0) is 21.0 Å². The molecule has 1 N–H and O–H groups in total. The predicted molar refractivity (Wildman–Crippen MR) is 73.6 cm³/mol. The van der Waals surface area contributed by atoms with Crippen LogP contribution in [-0.4, -0.2) is 61.9 Å². The highest BCUT2D eigenvalue weighted by atomic mass is 16.2. The lowest BCUT2D eigenvalue weighted by molar-refractivity contribution is -0.130. The van der Waals surface area contributed by atoms with Crippen LogP contribution in [0.5, 0.6) is 0 Å². The predicted octanol–water partition coefficient (Wildman–Crippen LogP) is 1.19. The van der Waals surface area contributed by atoms with E-state index >= 15 is 0 Å². The third-order valence-electron chi connectivity index (χ3n) is 2.86. The van der Waals surface area contributed by atoms with E-state index in [1.807, 2.05) is 39.8 Å². The monoisotopic (exact) mass is 257 g/mol. The molecule has 0 aliphatic rings. The Hall–Kier alpha value is -1.10. The molecule has 1 atom stereocenters. The molecule has 0 saturated heterocycles. The van der Waals surface area contributed by atoms with Crippen molar-refractivity contribution in [2.24, 2.45) is 5.41 Å². The molecule has 0 saturated carbocycles. The zero-order valence-electron chi connectivity index (χ0n) is 12.7. The topological polar surface area (TPSA) is 52.7 Å². The second kappa shape index (κ2) is 6.73. The second-order valence-corrected chi connectivity index (χ2v) is 5.94. The van der Waals surface area contributed by atoms with Crippen molar-refractivity contribution in [3.05, 3.63) is 0 Å². The van der Waals surface area contributed by atoms with E-state index in [-0.39, 0.29) is 11.8 Å². The summed E-state index contributed by atoms with van der Waals surface area (Å²) in [5.41, 5.74) is -0.433. The van der Waals surface area contributed by atoms with Crippen molar-refractivity contribution in [2.75, 3.05) is 34.2 Å². The maximum atomic E-state index is 12.1. The van der Waals surface area contributed by atoms with Gasteiger partial charge < -0.3 is 15.1 Å². The maximum absolute atomic E-state index is 12.1. The normalized spacial score (nSPS) is 13.3. The molecular formula is C13H27N3O2. The number of hydrogen-bond acceptors (Lipinski definition) is 3. The van der Waals surface area contributed by atoms with E-state index in [2.05, 4.69) is 5.32 Å². The molecule has 0 fully saturated rings. The van der Waals surface area contributed by atoms with Gasteiger partial charge in [-0.25, -0.2) is 4.79 Å². The van der Waals surface area contributed by atoms with Crippen LogP contribution in [0.4, 0.5) is 4.79 Å². The number of amides is 2. The Balaban J connectivity index is 4.33. The molecule has 2 amide bonds. The van der Waals surface area contributed by atoms with Crippen molar-refractivity contribution >= 4 is 11.8 Å². The van der Waals surface area contributed by atoms with Crippen LogP contribution in [0.15, 0.2) is 0 Å². The fourth-order valence-electron chi connectivity index (χ4n) is 1.49. The number of carbonyl (C=O) groups excluding carboxylic acids is 2. The molecule has 0 aromatic heterocycles. The minimum Gasteiger partial charge on any atom is -0.337 e. The Bertz CT molecular complexity index is 295. The quantitative estimate of drug-likeness (QED) is 0.805. The van der Waals surface area contributed by atoms with Gasteiger partial charge in [0.25, 0.3) is 0 Å². The summed E-state index contributed by atoms with van der Waals surface area (Å²) in [4.78, 5) is 27.4. The van der Waals surface area contributed by atoms with E-state index < -0.39 is 11.5 Å². The lowest BCUT2D eigenvalue weighted by atomic mass is 9.86. The number of likely N-dealkylation sites (N-methyl/N-ethyl adjacent to an activating group) is 2. The number of urea groups is 1. The number of carbonyl (C=O) groups is 2. The minimum absolute atomic E-state index is 0.0627. The summed E-state index contributed by atoms with van der Waals surface area (Å²) in [6.45, 7) is 8.71. The maximum Gasteiger partial charge on any atom is 0.317 e. The SMILES string of the molecule is CC(C(=O)C(C)(C)C)N(C)C(=O)NCCN(C)C. The fourth-order valence-corrected chi connectivity index (χ4v) is 1.49. The van der Waals surface area contributed by atoms with Gasteiger partial charge in [-0.15, -0.1) is 0 Å². The molecule has 0 aliphatic heterocycles. The van der Waals surface area contributed by atoms with E-state index in [1.165, 1.54) is 4.90 Å². The summed E-state index contributed by atoms with van der Waals surface area (Å²) < 4.78 is 0. The zero-order valence-corrected chi connectivity index (χ0v) is 12.7. The van der Waals surface area contributed by atoms with Crippen molar-refractivity contribution in [3.8, 4) is 0 Å². The number of nitrogens with zero attached hydrogens (tertiary/aromatic N) is 2. The molecule has 0 rings (SSSR count). The molecule has 0 heterocycles. The van der Waals surface area contributed by atoms with E-state index in [0.717, 1.165) is 6.54 Å². The van der Waals surface area contributed by atoms with Crippen LogP contribution in [0.1, 0.15) is 27.7 Å². The van der Waals surface area contributed by atoms with Gasteiger partial charge in [0.15, 0.2) is 5.78 Å². The van der Waals surface area contributed by atoms with E-state index in [9.17, 15) is 9.59 Å². The Morgan fingerprint density at radius 3 is 2.06 bits per heavy atom. The molecule has 5 nitrogen and oxygen atoms in total. The Labute approximate surface area is 111 Å². The Morgan fingerprint density at radius 2 is 1.67 bits per heavy atom. The van der Waals surface area contributed by atoms with Crippen molar-refractivity contribution in [2.45, 2.75) is 33.7 Å². The van der Waals surface area contributed by atoms with Gasteiger partial charge in [-0.2, -0.15) is 0 Å². The van der Waals surface area contributed by atoms with Crippen LogP contribution in [0.25, 0.3) is 0 Å². The zero-order chi connectivity index (χ0) is 14.5. The average molecular weight is 257 g/mol. The van der Waals surface area contributed by atoms with E-state index in [4.69, 9.17) is 0 Å². The molecule has 0 aromatic rings. The summed E-state index contributed by atoms with van der Waals surface area (Å²) in [7, 11) is 5.54. The highest BCUT2D eigenvalue weighted by molar-refractivity contribution is 5.91. The highest BCUT2D eigenvalue weighted by Gasteiger charge is 2.30. The first-order valence-corrected chi connectivity index (χ1v) is 6.27. The summed E-state index contributed by atoms with van der Waals surface area (Å²) >= 11 is 0. The van der Waals surface area contributed by atoms with Crippen molar-refractivity contribution in [1.29, 1.82) is 0 Å². The van der Waals surface area contributed by atoms with Gasteiger partial charge in [0, 0.05) is 25.6 Å². The molecular weight excluding hydrogens is 230 g/mol. The molecule has 5 heteroatoms. The molecule has 0 bridgehead atoms. The average Bonchev–Trinajstić information content (AvgIpc) is 2.24. The molecule has 0 radical (unpaired) electrons. The van der Waals surface area contributed by atoms with Crippen LogP contribution < -0.4 is 5.32 Å². The summed E-state index contributed by atoms with van der Waals surface area (Å²) in [6, 6.07) is -0.619. The number of Topliss-reactive ketones (excluding diaryl/α,β-unsaturated/α-hetero) is 1. The number of nitrogens with one attached hydrogen (secondary N) is 1. The minimum atomic E-state index is -0.433. The smallest absolute Gasteiger partial charge is 0.317 e. The van der Waals surface area contributed by atoms with Crippen LogP contribution in [-0.2, 0) is 4.79 Å². The first kappa shape index (κ1) is 16.9. The van der Waals surface area contributed by atoms with Gasteiger partial charge >= 0.3 is 6.03 Å². The largest absolute Gasteiger partial charge is 0.337 e. The van der Waals surface area contributed by atoms with Gasteiger partial charge in [0.1, 0.15) is 0 Å².